The zero-order valence-corrected chi connectivity index (χ0v) is 13.0. The van der Waals surface area contributed by atoms with Gasteiger partial charge in [0, 0.05) is 14.2 Å². The highest BCUT2D eigenvalue weighted by Gasteiger charge is 2.13. The highest BCUT2D eigenvalue weighted by atomic mass is 79.9. The second-order valence-corrected chi connectivity index (χ2v) is 6.63. The molecule has 0 amide bonds. The molecule has 0 N–H and O–H groups in total. The van der Waals surface area contributed by atoms with Crippen LogP contribution in [0, 0.1) is 6.92 Å². The summed E-state index contributed by atoms with van der Waals surface area (Å²) in [6.45, 7) is 4.26. The van der Waals surface area contributed by atoms with Crippen LogP contribution in [-0.4, -0.2) is 0 Å². The van der Waals surface area contributed by atoms with Crippen LogP contribution in [0.15, 0.2) is 34.8 Å². The van der Waals surface area contributed by atoms with Crippen LogP contribution in [0.5, 0.6) is 0 Å². The number of alkyl halides is 1. The Kier molecular flexibility index (Phi) is 4.29. The van der Waals surface area contributed by atoms with Gasteiger partial charge in [-0.2, -0.15) is 0 Å². The van der Waals surface area contributed by atoms with E-state index in [0.29, 0.717) is 0 Å². The smallest absolute Gasteiger partial charge is 0.0928 e. The van der Waals surface area contributed by atoms with Gasteiger partial charge in [-0.25, -0.2) is 0 Å². The van der Waals surface area contributed by atoms with Crippen molar-refractivity contribution < 1.29 is 0 Å². The van der Waals surface area contributed by atoms with Gasteiger partial charge in [0.05, 0.1) is 5.38 Å². The molecule has 0 radical (unpaired) electrons. The van der Waals surface area contributed by atoms with E-state index in [2.05, 4.69) is 60.1 Å². The van der Waals surface area contributed by atoms with Crippen LogP contribution in [0.3, 0.4) is 0 Å². The monoisotopic (exact) mass is 328 g/mol. The van der Waals surface area contributed by atoms with Crippen molar-refractivity contribution >= 4 is 38.9 Å². The Hall–Kier alpha value is -0.310. The van der Waals surface area contributed by atoms with Crippen molar-refractivity contribution in [2.75, 3.05) is 0 Å². The van der Waals surface area contributed by atoms with Gasteiger partial charge in [0.1, 0.15) is 0 Å². The molecular formula is C14H14BrClS. The van der Waals surface area contributed by atoms with Crippen molar-refractivity contribution in [2.24, 2.45) is 0 Å². The quantitative estimate of drug-likeness (QED) is 0.633. The maximum Gasteiger partial charge on any atom is 0.0928 e. The van der Waals surface area contributed by atoms with Crippen LogP contribution < -0.4 is 0 Å². The van der Waals surface area contributed by atoms with Gasteiger partial charge in [-0.1, -0.05) is 28.9 Å². The summed E-state index contributed by atoms with van der Waals surface area (Å²) in [5.41, 5.74) is 2.38. The molecule has 1 aromatic heterocycles. The molecule has 0 nitrogen and oxygen atoms in total. The lowest BCUT2D eigenvalue weighted by Crippen LogP contribution is -1.91. The fraction of sp³-hybridized carbons (Fsp3) is 0.286. The second-order valence-electron chi connectivity index (χ2n) is 4.08. The van der Waals surface area contributed by atoms with Gasteiger partial charge >= 0.3 is 0 Å². The summed E-state index contributed by atoms with van der Waals surface area (Å²) >= 11 is 11.9. The Morgan fingerprint density at radius 3 is 2.65 bits per heavy atom. The Morgan fingerprint density at radius 2 is 2.06 bits per heavy atom. The first kappa shape index (κ1) is 13.1. The van der Waals surface area contributed by atoms with Crippen molar-refractivity contribution in [3.63, 3.8) is 0 Å². The molecule has 1 aromatic carbocycles. The molecule has 0 spiro atoms. The van der Waals surface area contributed by atoms with Crippen molar-refractivity contribution in [3.05, 3.63) is 55.7 Å². The van der Waals surface area contributed by atoms with Crippen molar-refractivity contribution in [2.45, 2.75) is 25.6 Å². The standard InChI is InChI=1S/C14H14BrClS/c1-3-12-4-5-13(17-12)14(16)10-6-9(2)7-11(15)8-10/h4-8,14H,3H2,1-2H3. The van der Waals surface area contributed by atoms with Crippen molar-refractivity contribution in [3.8, 4) is 0 Å². The first-order valence-corrected chi connectivity index (χ1v) is 7.64. The van der Waals surface area contributed by atoms with E-state index in [4.69, 9.17) is 11.6 Å². The lowest BCUT2D eigenvalue weighted by atomic mass is 10.1. The summed E-state index contributed by atoms with van der Waals surface area (Å²) in [5, 5.41) is -0.0449. The van der Waals surface area contributed by atoms with Crippen LogP contribution in [0.1, 0.15) is 33.2 Å². The topological polar surface area (TPSA) is 0 Å². The molecule has 0 aliphatic carbocycles. The number of halogens is 2. The van der Waals surface area contributed by atoms with E-state index in [9.17, 15) is 0 Å². The Morgan fingerprint density at radius 1 is 1.29 bits per heavy atom. The summed E-state index contributed by atoms with van der Waals surface area (Å²) in [6, 6.07) is 10.6. The SMILES string of the molecule is CCc1ccc(C(Cl)c2cc(C)cc(Br)c2)s1. The molecule has 2 rings (SSSR count). The first-order chi connectivity index (χ1) is 8.10. The van der Waals surface area contributed by atoms with Crippen molar-refractivity contribution in [1.82, 2.24) is 0 Å². The molecule has 1 atom stereocenters. The minimum absolute atomic E-state index is 0.0449. The maximum absolute atomic E-state index is 6.54. The van der Waals surface area contributed by atoms with Gasteiger partial charge in [-0.05, 0) is 48.7 Å². The van der Waals surface area contributed by atoms with Gasteiger partial charge in [-0.3, -0.25) is 0 Å². The third kappa shape index (κ3) is 3.12. The minimum Gasteiger partial charge on any atom is -0.143 e. The Bertz CT molecular complexity index is 498. The summed E-state index contributed by atoms with van der Waals surface area (Å²) < 4.78 is 1.09. The van der Waals surface area contributed by atoms with Crippen LogP contribution in [0.25, 0.3) is 0 Å². The average molecular weight is 330 g/mol. The maximum atomic E-state index is 6.54. The molecule has 0 bridgehead atoms. The molecule has 0 saturated carbocycles. The number of rotatable bonds is 3. The van der Waals surface area contributed by atoms with Gasteiger partial charge < -0.3 is 0 Å². The van der Waals surface area contributed by atoms with Gasteiger partial charge in [0.25, 0.3) is 0 Å². The van der Waals surface area contributed by atoms with E-state index < -0.39 is 0 Å². The Balaban J connectivity index is 2.32. The van der Waals surface area contributed by atoms with E-state index in [1.807, 2.05) is 0 Å². The fourth-order valence-electron chi connectivity index (χ4n) is 1.80. The number of aryl methyl sites for hydroxylation is 2. The fourth-order valence-corrected chi connectivity index (χ4v) is 3.71. The normalized spacial score (nSPS) is 12.7. The lowest BCUT2D eigenvalue weighted by molar-refractivity contribution is 1.17. The van der Waals surface area contributed by atoms with E-state index >= 15 is 0 Å². The van der Waals surface area contributed by atoms with E-state index in [1.165, 1.54) is 15.3 Å². The van der Waals surface area contributed by atoms with Crippen molar-refractivity contribution in [1.29, 1.82) is 0 Å². The first-order valence-electron chi connectivity index (χ1n) is 5.60. The molecule has 0 aliphatic rings. The second kappa shape index (κ2) is 5.55. The number of hydrogen-bond acceptors (Lipinski definition) is 1. The molecule has 0 aliphatic heterocycles. The molecule has 1 heterocycles. The number of hydrogen-bond donors (Lipinski definition) is 0. The molecule has 3 heteroatoms. The Labute approximate surface area is 120 Å². The third-order valence-corrected chi connectivity index (χ3v) is 5.01. The van der Waals surface area contributed by atoms with Crippen LogP contribution >= 0.6 is 38.9 Å². The van der Waals surface area contributed by atoms with Gasteiger partial charge in [-0.15, -0.1) is 22.9 Å². The van der Waals surface area contributed by atoms with E-state index in [0.717, 1.165) is 16.5 Å². The zero-order valence-electron chi connectivity index (χ0n) is 9.84. The predicted octanol–water partition coefficient (Wildman–Crippen LogP) is 5.71. The molecular weight excluding hydrogens is 316 g/mol. The van der Waals surface area contributed by atoms with Gasteiger partial charge in [0.15, 0.2) is 0 Å². The number of benzene rings is 1. The minimum atomic E-state index is -0.0449. The zero-order chi connectivity index (χ0) is 12.4. The number of thiophene rings is 1. The molecule has 17 heavy (non-hydrogen) atoms. The highest BCUT2D eigenvalue weighted by molar-refractivity contribution is 9.10. The van der Waals surface area contributed by atoms with E-state index in [1.54, 1.807) is 11.3 Å². The largest absolute Gasteiger partial charge is 0.143 e. The summed E-state index contributed by atoms with van der Waals surface area (Å²) in [7, 11) is 0. The van der Waals surface area contributed by atoms with Gasteiger partial charge in [0.2, 0.25) is 0 Å². The summed E-state index contributed by atoms with van der Waals surface area (Å²) in [5.74, 6) is 0. The molecule has 1 unspecified atom stereocenters. The lowest BCUT2D eigenvalue weighted by Gasteiger charge is -2.09. The average Bonchev–Trinajstić information content (AvgIpc) is 2.75. The summed E-state index contributed by atoms with van der Waals surface area (Å²) in [6.07, 6.45) is 1.08. The predicted molar refractivity (Wildman–Crippen MR) is 80.3 cm³/mol. The highest BCUT2D eigenvalue weighted by Crippen LogP contribution is 2.35. The van der Waals surface area contributed by atoms with Crippen LogP contribution in [-0.2, 0) is 6.42 Å². The molecule has 0 saturated heterocycles. The van der Waals surface area contributed by atoms with Crippen LogP contribution in [0.4, 0.5) is 0 Å². The molecule has 2 aromatic rings. The molecule has 0 fully saturated rings. The van der Waals surface area contributed by atoms with E-state index in [-0.39, 0.29) is 5.38 Å². The molecule has 90 valence electrons. The van der Waals surface area contributed by atoms with Crippen LogP contribution in [0.2, 0.25) is 0 Å². The summed E-state index contributed by atoms with van der Waals surface area (Å²) in [4.78, 5) is 2.61. The third-order valence-electron chi connectivity index (χ3n) is 2.64.